The highest BCUT2D eigenvalue weighted by atomic mass is 16.5. The zero-order chi connectivity index (χ0) is 15.2. The van der Waals surface area contributed by atoms with Gasteiger partial charge in [-0.3, -0.25) is 9.48 Å². The molecule has 0 fully saturated rings. The second-order valence-electron chi connectivity index (χ2n) is 5.28. The summed E-state index contributed by atoms with van der Waals surface area (Å²) in [6.07, 6.45) is 6.26. The smallest absolute Gasteiger partial charge is 0.316 e. The summed E-state index contributed by atoms with van der Waals surface area (Å²) in [6.45, 7) is 12.1. The Morgan fingerprint density at radius 3 is 2.65 bits per heavy atom. The van der Waals surface area contributed by atoms with Crippen molar-refractivity contribution in [2.75, 3.05) is 6.61 Å². The fraction of sp³-hybridized carbons (Fsp3) is 0.625. The number of nitrogens with zero attached hydrogens (tertiary/aromatic N) is 2. The summed E-state index contributed by atoms with van der Waals surface area (Å²) in [7, 11) is 0. The first-order valence-electron chi connectivity index (χ1n) is 7.35. The molecule has 0 spiro atoms. The van der Waals surface area contributed by atoms with Gasteiger partial charge in [0.15, 0.2) is 0 Å². The fourth-order valence-corrected chi connectivity index (χ4v) is 2.24. The van der Waals surface area contributed by atoms with Gasteiger partial charge in [0.1, 0.15) is 0 Å². The van der Waals surface area contributed by atoms with E-state index in [9.17, 15) is 4.79 Å². The van der Waals surface area contributed by atoms with Crippen molar-refractivity contribution in [3.05, 3.63) is 30.6 Å². The first-order chi connectivity index (χ1) is 9.50. The number of hydrogen-bond donors (Lipinski definition) is 0. The van der Waals surface area contributed by atoms with E-state index in [-0.39, 0.29) is 5.97 Å². The molecule has 0 N–H and O–H groups in total. The normalized spacial score (nSPS) is 14.1. The van der Waals surface area contributed by atoms with Crippen LogP contribution in [0.4, 0.5) is 0 Å². The van der Waals surface area contributed by atoms with Gasteiger partial charge in [0.25, 0.3) is 0 Å². The first kappa shape index (κ1) is 16.5. The SMILES string of the molecule is C=CC(C)(Cc1ccn(C(CC)CC)n1)C(=O)OCC. The minimum Gasteiger partial charge on any atom is -0.465 e. The van der Waals surface area contributed by atoms with Gasteiger partial charge in [0, 0.05) is 12.6 Å². The molecule has 1 rings (SSSR count). The molecule has 20 heavy (non-hydrogen) atoms. The minimum absolute atomic E-state index is 0.243. The van der Waals surface area contributed by atoms with E-state index in [1.165, 1.54) is 0 Å². The van der Waals surface area contributed by atoms with Gasteiger partial charge in [0.05, 0.1) is 23.8 Å². The Kier molecular flexibility index (Phi) is 5.99. The molecule has 0 aliphatic carbocycles. The van der Waals surface area contributed by atoms with Crippen molar-refractivity contribution in [1.29, 1.82) is 0 Å². The second-order valence-corrected chi connectivity index (χ2v) is 5.28. The topological polar surface area (TPSA) is 44.1 Å². The molecule has 4 nitrogen and oxygen atoms in total. The maximum atomic E-state index is 12.0. The standard InChI is InChI=1S/C16H26N2O2/c1-6-14(7-2)18-11-10-13(17-18)12-16(5,8-3)15(19)20-9-4/h8,10-11,14H,3,6-7,9,12H2,1-2,4-5H3. The number of hydrogen-bond acceptors (Lipinski definition) is 3. The molecule has 0 amide bonds. The summed E-state index contributed by atoms with van der Waals surface area (Å²) >= 11 is 0. The predicted molar refractivity (Wildman–Crippen MR) is 80.5 cm³/mol. The van der Waals surface area contributed by atoms with E-state index in [0.29, 0.717) is 19.1 Å². The van der Waals surface area contributed by atoms with Gasteiger partial charge in [-0.1, -0.05) is 19.9 Å². The van der Waals surface area contributed by atoms with Crippen molar-refractivity contribution in [3.8, 4) is 0 Å². The number of rotatable bonds is 8. The molecule has 0 aliphatic rings. The molecule has 0 radical (unpaired) electrons. The highest BCUT2D eigenvalue weighted by Crippen LogP contribution is 2.26. The molecule has 1 unspecified atom stereocenters. The lowest BCUT2D eigenvalue weighted by molar-refractivity contribution is -0.151. The van der Waals surface area contributed by atoms with E-state index < -0.39 is 5.41 Å². The van der Waals surface area contributed by atoms with Gasteiger partial charge < -0.3 is 4.74 Å². The molecular weight excluding hydrogens is 252 g/mol. The Balaban J connectivity index is 2.86. The van der Waals surface area contributed by atoms with Crippen LogP contribution in [0.1, 0.15) is 52.3 Å². The maximum Gasteiger partial charge on any atom is 0.316 e. The van der Waals surface area contributed by atoms with Crippen LogP contribution in [0.25, 0.3) is 0 Å². The van der Waals surface area contributed by atoms with Crippen molar-refractivity contribution < 1.29 is 9.53 Å². The van der Waals surface area contributed by atoms with Crippen molar-refractivity contribution in [2.24, 2.45) is 5.41 Å². The molecule has 0 bridgehead atoms. The van der Waals surface area contributed by atoms with Crippen LogP contribution < -0.4 is 0 Å². The third-order valence-corrected chi connectivity index (χ3v) is 3.72. The Morgan fingerprint density at radius 2 is 2.15 bits per heavy atom. The molecule has 0 saturated heterocycles. The Morgan fingerprint density at radius 1 is 1.50 bits per heavy atom. The maximum absolute atomic E-state index is 12.0. The lowest BCUT2D eigenvalue weighted by Gasteiger charge is -2.22. The lowest BCUT2D eigenvalue weighted by atomic mass is 9.86. The molecule has 0 saturated carbocycles. The van der Waals surface area contributed by atoms with Crippen LogP contribution >= 0.6 is 0 Å². The second kappa shape index (κ2) is 7.27. The average Bonchev–Trinajstić information content (AvgIpc) is 2.88. The summed E-state index contributed by atoms with van der Waals surface area (Å²) in [4.78, 5) is 12.0. The number of carbonyl (C=O) groups excluding carboxylic acids is 1. The summed E-state index contributed by atoms with van der Waals surface area (Å²) < 4.78 is 7.11. The third kappa shape index (κ3) is 3.71. The minimum atomic E-state index is -0.719. The van der Waals surface area contributed by atoms with E-state index in [1.807, 2.05) is 30.8 Å². The summed E-state index contributed by atoms with van der Waals surface area (Å²) in [5.74, 6) is -0.243. The Bertz CT molecular complexity index is 449. The number of aromatic nitrogens is 2. The number of esters is 1. The largest absolute Gasteiger partial charge is 0.465 e. The lowest BCUT2D eigenvalue weighted by Crippen LogP contribution is -2.30. The van der Waals surface area contributed by atoms with Gasteiger partial charge in [-0.15, -0.1) is 6.58 Å². The van der Waals surface area contributed by atoms with Gasteiger partial charge >= 0.3 is 5.97 Å². The van der Waals surface area contributed by atoms with Crippen LogP contribution in [-0.4, -0.2) is 22.4 Å². The zero-order valence-corrected chi connectivity index (χ0v) is 13.1. The molecule has 1 atom stereocenters. The summed E-state index contributed by atoms with van der Waals surface area (Å²) in [6, 6.07) is 2.39. The van der Waals surface area contributed by atoms with Crippen molar-refractivity contribution >= 4 is 5.97 Å². The molecule has 1 aromatic rings. The van der Waals surface area contributed by atoms with Crippen molar-refractivity contribution in [2.45, 2.75) is 53.0 Å². The van der Waals surface area contributed by atoms with Crippen molar-refractivity contribution in [3.63, 3.8) is 0 Å². The summed E-state index contributed by atoms with van der Waals surface area (Å²) in [5.41, 5.74) is 0.177. The van der Waals surface area contributed by atoms with Crippen LogP contribution in [0, 0.1) is 5.41 Å². The van der Waals surface area contributed by atoms with Crippen molar-refractivity contribution in [1.82, 2.24) is 9.78 Å². The summed E-state index contributed by atoms with van der Waals surface area (Å²) in [5, 5.41) is 4.59. The van der Waals surface area contributed by atoms with E-state index in [1.54, 1.807) is 6.08 Å². The van der Waals surface area contributed by atoms with Crippen LogP contribution in [0.5, 0.6) is 0 Å². The number of carbonyl (C=O) groups is 1. The highest BCUT2D eigenvalue weighted by Gasteiger charge is 2.32. The van der Waals surface area contributed by atoms with E-state index >= 15 is 0 Å². The van der Waals surface area contributed by atoms with Crippen LogP contribution in [-0.2, 0) is 16.0 Å². The third-order valence-electron chi connectivity index (χ3n) is 3.72. The molecule has 112 valence electrons. The van der Waals surface area contributed by atoms with Crippen LogP contribution in [0.3, 0.4) is 0 Å². The van der Waals surface area contributed by atoms with Gasteiger partial charge in [-0.05, 0) is 32.8 Å². The van der Waals surface area contributed by atoms with Gasteiger partial charge in [0.2, 0.25) is 0 Å². The molecule has 0 aromatic carbocycles. The molecular formula is C16H26N2O2. The molecule has 1 heterocycles. The average molecular weight is 278 g/mol. The van der Waals surface area contributed by atoms with Gasteiger partial charge in [-0.2, -0.15) is 5.10 Å². The van der Waals surface area contributed by atoms with E-state index in [0.717, 1.165) is 18.5 Å². The predicted octanol–water partition coefficient (Wildman–Crippen LogP) is 3.54. The molecule has 4 heteroatoms. The van der Waals surface area contributed by atoms with E-state index in [4.69, 9.17) is 4.74 Å². The fourth-order valence-electron chi connectivity index (χ4n) is 2.24. The Labute approximate surface area is 121 Å². The first-order valence-corrected chi connectivity index (χ1v) is 7.35. The quantitative estimate of drug-likeness (QED) is 0.539. The van der Waals surface area contributed by atoms with Crippen LogP contribution in [0.15, 0.2) is 24.9 Å². The Hall–Kier alpha value is -1.58. The highest BCUT2D eigenvalue weighted by molar-refractivity contribution is 5.78. The molecule has 0 aliphatic heterocycles. The van der Waals surface area contributed by atoms with Gasteiger partial charge in [-0.25, -0.2) is 0 Å². The zero-order valence-electron chi connectivity index (χ0n) is 13.1. The monoisotopic (exact) mass is 278 g/mol. The van der Waals surface area contributed by atoms with Crippen LogP contribution in [0.2, 0.25) is 0 Å². The number of ether oxygens (including phenoxy) is 1. The van der Waals surface area contributed by atoms with E-state index in [2.05, 4.69) is 25.5 Å². The molecule has 1 aromatic heterocycles.